The highest BCUT2D eigenvalue weighted by atomic mass is 16.6. The van der Waals surface area contributed by atoms with Gasteiger partial charge in [0.15, 0.2) is 11.5 Å². The maximum Gasteiger partial charge on any atom is 0.325 e. The molecule has 1 aliphatic rings. The maximum absolute atomic E-state index is 13.2. The number of carbonyl (C=O) groups is 2. The molecule has 156 valence electrons. The summed E-state index contributed by atoms with van der Waals surface area (Å²) in [6.45, 7) is 10.6. The van der Waals surface area contributed by atoms with E-state index in [9.17, 15) is 9.59 Å². The predicted molar refractivity (Wildman–Crippen MR) is 109 cm³/mol. The van der Waals surface area contributed by atoms with E-state index in [1.54, 1.807) is 6.92 Å². The Labute approximate surface area is 171 Å². The number of nitrogens with zero attached hydrogens (tertiary/aromatic N) is 2. The number of esters is 1. The molecule has 0 fully saturated rings. The molecule has 1 aromatic heterocycles. The predicted octanol–water partition coefficient (Wildman–Crippen LogP) is 3.28. The van der Waals surface area contributed by atoms with Crippen LogP contribution in [0, 0.1) is 13.8 Å². The van der Waals surface area contributed by atoms with Crippen molar-refractivity contribution < 1.29 is 23.8 Å². The first-order chi connectivity index (χ1) is 13.8. The topological polar surface area (TPSA) is 70.0 Å². The summed E-state index contributed by atoms with van der Waals surface area (Å²) in [5.74, 6) is 0.819. The summed E-state index contributed by atoms with van der Waals surface area (Å²) < 4.78 is 18.3. The average Bonchev–Trinajstić information content (AvgIpc) is 2.99. The van der Waals surface area contributed by atoms with Gasteiger partial charge in [0, 0.05) is 29.2 Å². The van der Waals surface area contributed by atoms with Crippen molar-refractivity contribution in [1.82, 2.24) is 9.47 Å². The summed E-state index contributed by atoms with van der Waals surface area (Å²) in [5.41, 5.74) is 3.18. The Kier molecular flexibility index (Phi) is 6.15. The molecule has 0 saturated heterocycles. The molecule has 2 aromatic rings. The Morgan fingerprint density at radius 1 is 1.14 bits per heavy atom. The van der Waals surface area contributed by atoms with Crippen LogP contribution >= 0.6 is 0 Å². The standard InChI is InChI=1S/C22H28N2O5/c1-6-27-21(25)13-23(14(2)3)22(26)18-11-15(4)24(16(18)5)17-7-8-19-20(12-17)29-10-9-28-19/h7-8,11-12,14H,6,9-10,13H2,1-5H3. The Balaban J connectivity index is 1.94. The van der Waals surface area contributed by atoms with Crippen LogP contribution in [0.5, 0.6) is 11.5 Å². The highest BCUT2D eigenvalue weighted by Gasteiger charge is 2.26. The van der Waals surface area contributed by atoms with Gasteiger partial charge in [-0.15, -0.1) is 0 Å². The van der Waals surface area contributed by atoms with Gasteiger partial charge in [0.1, 0.15) is 19.8 Å². The molecular weight excluding hydrogens is 372 g/mol. The van der Waals surface area contributed by atoms with Gasteiger partial charge < -0.3 is 23.7 Å². The third-order valence-corrected chi connectivity index (χ3v) is 4.93. The molecule has 1 aliphatic heterocycles. The molecule has 0 atom stereocenters. The molecule has 29 heavy (non-hydrogen) atoms. The third kappa shape index (κ3) is 4.23. The lowest BCUT2D eigenvalue weighted by atomic mass is 10.2. The van der Waals surface area contributed by atoms with Crippen molar-refractivity contribution in [3.63, 3.8) is 0 Å². The number of ether oxygens (including phenoxy) is 3. The van der Waals surface area contributed by atoms with Crippen molar-refractivity contribution in [2.24, 2.45) is 0 Å². The van der Waals surface area contributed by atoms with Crippen LogP contribution in [0.15, 0.2) is 24.3 Å². The first kappa shape index (κ1) is 20.8. The SMILES string of the molecule is CCOC(=O)CN(C(=O)c1cc(C)n(-c2ccc3c(c2)OCCO3)c1C)C(C)C. The molecule has 0 saturated carbocycles. The summed E-state index contributed by atoms with van der Waals surface area (Å²) in [6.07, 6.45) is 0. The number of hydrogen-bond acceptors (Lipinski definition) is 5. The van der Waals surface area contributed by atoms with Crippen LogP contribution in [0.25, 0.3) is 5.69 Å². The van der Waals surface area contributed by atoms with E-state index in [2.05, 4.69) is 0 Å². The molecular formula is C22H28N2O5. The van der Waals surface area contributed by atoms with E-state index in [1.807, 2.05) is 56.5 Å². The third-order valence-electron chi connectivity index (χ3n) is 4.93. The Bertz CT molecular complexity index is 916. The van der Waals surface area contributed by atoms with Gasteiger partial charge in [-0.1, -0.05) is 0 Å². The van der Waals surface area contributed by atoms with Crippen molar-refractivity contribution in [2.75, 3.05) is 26.4 Å². The largest absolute Gasteiger partial charge is 0.486 e. The van der Waals surface area contributed by atoms with Gasteiger partial charge in [0.05, 0.1) is 12.2 Å². The van der Waals surface area contributed by atoms with Crippen LogP contribution in [0.1, 0.15) is 42.5 Å². The van der Waals surface area contributed by atoms with Crippen LogP contribution < -0.4 is 9.47 Å². The van der Waals surface area contributed by atoms with Crippen LogP contribution in [0.2, 0.25) is 0 Å². The van der Waals surface area contributed by atoms with Gasteiger partial charge in [0.25, 0.3) is 5.91 Å². The van der Waals surface area contributed by atoms with E-state index in [0.29, 0.717) is 24.5 Å². The second-order valence-electron chi connectivity index (χ2n) is 7.28. The highest BCUT2D eigenvalue weighted by Crippen LogP contribution is 2.33. The number of aromatic nitrogens is 1. The van der Waals surface area contributed by atoms with Crippen LogP contribution in [-0.2, 0) is 9.53 Å². The van der Waals surface area contributed by atoms with Crippen molar-refractivity contribution in [3.8, 4) is 17.2 Å². The smallest absolute Gasteiger partial charge is 0.325 e. The summed E-state index contributed by atoms with van der Waals surface area (Å²) in [7, 11) is 0. The molecule has 7 nitrogen and oxygen atoms in total. The minimum atomic E-state index is -0.407. The lowest BCUT2D eigenvalue weighted by molar-refractivity contribution is -0.144. The number of fused-ring (bicyclic) bond motifs is 1. The zero-order chi connectivity index (χ0) is 21.1. The fraction of sp³-hybridized carbons (Fsp3) is 0.455. The molecule has 1 aromatic carbocycles. The number of rotatable bonds is 6. The van der Waals surface area contributed by atoms with E-state index in [4.69, 9.17) is 14.2 Å². The summed E-state index contributed by atoms with van der Waals surface area (Å²) >= 11 is 0. The number of aryl methyl sites for hydroxylation is 1. The number of amides is 1. The molecule has 1 amide bonds. The quantitative estimate of drug-likeness (QED) is 0.696. The summed E-state index contributed by atoms with van der Waals surface area (Å²) in [5, 5.41) is 0. The maximum atomic E-state index is 13.2. The molecule has 0 spiro atoms. The van der Waals surface area contributed by atoms with Crippen molar-refractivity contribution in [1.29, 1.82) is 0 Å². The molecule has 0 radical (unpaired) electrons. The monoisotopic (exact) mass is 400 g/mol. The molecule has 0 aliphatic carbocycles. The number of benzene rings is 1. The number of hydrogen-bond donors (Lipinski definition) is 0. The van der Waals surface area contributed by atoms with Crippen LogP contribution in [-0.4, -0.2) is 53.8 Å². The molecule has 3 rings (SSSR count). The second kappa shape index (κ2) is 8.59. The fourth-order valence-electron chi connectivity index (χ4n) is 3.54. The Morgan fingerprint density at radius 2 is 1.83 bits per heavy atom. The lowest BCUT2D eigenvalue weighted by Gasteiger charge is -2.26. The van der Waals surface area contributed by atoms with E-state index < -0.39 is 5.97 Å². The van der Waals surface area contributed by atoms with Crippen molar-refractivity contribution >= 4 is 11.9 Å². The molecule has 0 N–H and O–H groups in total. The van der Waals surface area contributed by atoms with Gasteiger partial charge in [-0.2, -0.15) is 0 Å². The first-order valence-corrected chi connectivity index (χ1v) is 9.89. The molecule has 0 unspecified atom stereocenters. The first-order valence-electron chi connectivity index (χ1n) is 9.89. The van der Waals surface area contributed by atoms with Gasteiger partial charge >= 0.3 is 5.97 Å². The number of carbonyl (C=O) groups excluding carboxylic acids is 2. The zero-order valence-electron chi connectivity index (χ0n) is 17.7. The summed E-state index contributed by atoms with van der Waals surface area (Å²) in [4.78, 5) is 26.7. The fourth-order valence-corrected chi connectivity index (χ4v) is 3.54. The minimum Gasteiger partial charge on any atom is -0.486 e. The molecule has 0 bridgehead atoms. The van der Waals surface area contributed by atoms with Gasteiger partial charge in [-0.05, 0) is 52.8 Å². The Hall–Kier alpha value is -2.96. The van der Waals surface area contributed by atoms with E-state index in [1.165, 1.54) is 4.90 Å². The van der Waals surface area contributed by atoms with E-state index >= 15 is 0 Å². The van der Waals surface area contributed by atoms with Gasteiger partial charge in [-0.25, -0.2) is 0 Å². The zero-order valence-corrected chi connectivity index (χ0v) is 17.7. The van der Waals surface area contributed by atoms with Crippen molar-refractivity contribution in [3.05, 3.63) is 41.2 Å². The van der Waals surface area contributed by atoms with Gasteiger partial charge in [0.2, 0.25) is 0 Å². The average molecular weight is 400 g/mol. The Morgan fingerprint density at radius 3 is 2.48 bits per heavy atom. The molecule has 2 heterocycles. The normalized spacial score (nSPS) is 12.8. The van der Waals surface area contributed by atoms with Crippen LogP contribution in [0.4, 0.5) is 0 Å². The lowest BCUT2D eigenvalue weighted by Crippen LogP contribution is -2.41. The van der Waals surface area contributed by atoms with Crippen molar-refractivity contribution in [2.45, 2.75) is 40.7 Å². The second-order valence-corrected chi connectivity index (χ2v) is 7.28. The molecule has 7 heteroatoms. The summed E-state index contributed by atoms with van der Waals surface area (Å²) in [6, 6.07) is 7.46. The minimum absolute atomic E-state index is 0.0714. The van der Waals surface area contributed by atoms with Crippen LogP contribution in [0.3, 0.4) is 0 Å². The highest BCUT2D eigenvalue weighted by molar-refractivity contribution is 5.97. The van der Waals surface area contributed by atoms with E-state index in [-0.39, 0.29) is 25.1 Å². The van der Waals surface area contributed by atoms with Gasteiger partial charge in [-0.3, -0.25) is 9.59 Å². The van der Waals surface area contributed by atoms with E-state index in [0.717, 1.165) is 22.8 Å².